The zero-order valence-electron chi connectivity index (χ0n) is 8.54. The lowest BCUT2D eigenvalue weighted by molar-refractivity contribution is -0.113. The van der Waals surface area contributed by atoms with Crippen molar-refractivity contribution in [3.05, 3.63) is 38.9 Å². The molecule has 0 saturated carbocycles. The van der Waals surface area contributed by atoms with Crippen molar-refractivity contribution in [2.75, 3.05) is 11.2 Å². The maximum absolute atomic E-state index is 11.6. The lowest BCUT2D eigenvalue weighted by atomic mass is 10.1. The van der Waals surface area contributed by atoms with Gasteiger partial charge in [-0.05, 0) is 12.1 Å². The Morgan fingerprint density at radius 2 is 1.94 bits per heavy atom. The largest absolute Gasteiger partial charge is 0.324 e. The number of nitrogens with one attached hydrogen (secondary N) is 3. The lowest BCUT2D eigenvalue weighted by Gasteiger charge is -2.05. The van der Waals surface area contributed by atoms with E-state index in [1.807, 2.05) is 0 Å². The van der Waals surface area contributed by atoms with Crippen LogP contribution >= 0.6 is 11.6 Å². The molecule has 7 heteroatoms. The van der Waals surface area contributed by atoms with Gasteiger partial charge in [-0.2, -0.15) is 0 Å². The standard InChI is InChI=1S/C10H8ClN3O3/c11-4-7(15)12-6-3-1-2-5-8(6)10(17)14-13-9(5)16/h1-3H,4H2,(H,12,15)(H,13,16)(H,14,17). The highest BCUT2D eigenvalue weighted by molar-refractivity contribution is 6.29. The predicted octanol–water partition coefficient (Wildman–Crippen LogP) is 0.394. The van der Waals surface area contributed by atoms with Crippen molar-refractivity contribution in [1.29, 1.82) is 0 Å². The molecule has 1 aromatic heterocycles. The smallest absolute Gasteiger partial charge is 0.272 e. The van der Waals surface area contributed by atoms with Crippen LogP contribution in [0.1, 0.15) is 0 Å². The van der Waals surface area contributed by atoms with Gasteiger partial charge in [0.1, 0.15) is 5.88 Å². The van der Waals surface area contributed by atoms with Crippen molar-refractivity contribution in [1.82, 2.24) is 10.2 Å². The van der Waals surface area contributed by atoms with E-state index in [4.69, 9.17) is 11.6 Å². The van der Waals surface area contributed by atoms with Gasteiger partial charge >= 0.3 is 0 Å². The van der Waals surface area contributed by atoms with E-state index in [9.17, 15) is 14.4 Å². The van der Waals surface area contributed by atoms with Gasteiger partial charge in [0.15, 0.2) is 0 Å². The number of benzene rings is 1. The number of rotatable bonds is 2. The van der Waals surface area contributed by atoms with Crippen LogP contribution in [0.5, 0.6) is 0 Å². The molecule has 0 spiro atoms. The van der Waals surface area contributed by atoms with E-state index in [1.54, 1.807) is 6.07 Å². The van der Waals surface area contributed by atoms with Gasteiger partial charge in [-0.25, -0.2) is 0 Å². The molecule has 88 valence electrons. The zero-order valence-corrected chi connectivity index (χ0v) is 9.30. The van der Waals surface area contributed by atoms with Crippen molar-refractivity contribution < 1.29 is 4.79 Å². The molecule has 3 N–H and O–H groups in total. The average Bonchev–Trinajstić information content (AvgIpc) is 2.34. The quantitative estimate of drug-likeness (QED) is 0.676. The fraction of sp³-hybridized carbons (Fsp3) is 0.100. The number of anilines is 1. The first-order valence-electron chi connectivity index (χ1n) is 4.73. The minimum atomic E-state index is -0.481. The van der Waals surface area contributed by atoms with E-state index in [0.717, 1.165) is 0 Å². The third kappa shape index (κ3) is 2.07. The van der Waals surface area contributed by atoms with E-state index < -0.39 is 17.0 Å². The highest BCUT2D eigenvalue weighted by Crippen LogP contribution is 2.16. The van der Waals surface area contributed by atoms with Gasteiger partial charge in [0.25, 0.3) is 11.1 Å². The summed E-state index contributed by atoms with van der Waals surface area (Å²) in [6, 6.07) is 4.60. The molecule has 2 aromatic rings. The summed E-state index contributed by atoms with van der Waals surface area (Å²) in [7, 11) is 0. The summed E-state index contributed by atoms with van der Waals surface area (Å²) in [5.74, 6) is -0.670. The molecule has 0 atom stereocenters. The van der Waals surface area contributed by atoms with E-state index in [-0.39, 0.29) is 22.3 Å². The Morgan fingerprint density at radius 1 is 1.24 bits per heavy atom. The molecule has 0 radical (unpaired) electrons. The van der Waals surface area contributed by atoms with Crippen LogP contribution < -0.4 is 16.4 Å². The van der Waals surface area contributed by atoms with Crippen LogP contribution in [0.15, 0.2) is 27.8 Å². The molecular weight excluding hydrogens is 246 g/mol. The maximum Gasteiger partial charge on any atom is 0.272 e. The SMILES string of the molecule is O=C(CCl)Nc1cccc2c(=O)[nH][nH]c(=O)c12. The third-order valence-corrected chi connectivity index (χ3v) is 2.46. The summed E-state index contributed by atoms with van der Waals surface area (Å²) in [5, 5.41) is 7.20. The number of aromatic nitrogens is 2. The van der Waals surface area contributed by atoms with Crippen LogP contribution in [0.4, 0.5) is 5.69 Å². The summed E-state index contributed by atoms with van der Waals surface area (Å²) in [6.45, 7) is 0. The molecule has 6 nitrogen and oxygen atoms in total. The Labute approximate surface area is 99.6 Å². The molecule has 0 aliphatic heterocycles. The number of amides is 1. The first-order valence-corrected chi connectivity index (χ1v) is 5.26. The lowest BCUT2D eigenvalue weighted by Crippen LogP contribution is -2.21. The predicted molar refractivity (Wildman–Crippen MR) is 64.5 cm³/mol. The Bertz CT molecular complexity index is 689. The van der Waals surface area contributed by atoms with Gasteiger partial charge in [0.05, 0.1) is 16.5 Å². The van der Waals surface area contributed by atoms with Crippen molar-refractivity contribution in [3.8, 4) is 0 Å². The first kappa shape index (κ1) is 11.4. The number of halogens is 1. The van der Waals surface area contributed by atoms with Gasteiger partial charge in [0, 0.05) is 0 Å². The number of carbonyl (C=O) groups excluding carboxylic acids is 1. The van der Waals surface area contributed by atoms with Crippen molar-refractivity contribution in [3.63, 3.8) is 0 Å². The van der Waals surface area contributed by atoms with Gasteiger partial charge < -0.3 is 5.32 Å². The van der Waals surface area contributed by atoms with Gasteiger partial charge in [-0.3, -0.25) is 24.6 Å². The number of alkyl halides is 1. The highest BCUT2D eigenvalue weighted by atomic mass is 35.5. The fourth-order valence-electron chi connectivity index (χ4n) is 1.52. The normalized spacial score (nSPS) is 10.4. The van der Waals surface area contributed by atoms with Crippen molar-refractivity contribution in [2.45, 2.75) is 0 Å². The molecule has 1 aromatic carbocycles. The molecule has 0 bridgehead atoms. The Kier molecular flexibility index (Phi) is 2.97. The molecule has 0 unspecified atom stereocenters. The molecular formula is C10H8ClN3O3. The van der Waals surface area contributed by atoms with E-state index >= 15 is 0 Å². The summed E-state index contributed by atoms with van der Waals surface area (Å²) < 4.78 is 0. The van der Waals surface area contributed by atoms with Crippen LogP contribution in [0.3, 0.4) is 0 Å². The first-order chi connectivity index (χ1) is 8.13. The molecule has 0 aliphatic carbocycles. The Hall–Kier alpha value is -2.08. The van der Waals surface area contributed by atoms with Gasteiger partial charge in [0.2, 0.25) is 5.91 Å². The minimum Gasteiger partial charge on any atom is -0.324 e. The number of fused-ring (bicyclic) bond motifs is 1. The Morgan fingerprint density at radius 3 is 2.65 bits per heavy atom. The van der Waals surface area contributed by atoms with Gasteiger partial charge in [-0.1, -0.05) is 6.07 Å². The summed E-state index contributed by atoms with van der Waals surface area (Å²) >= 11 is 5.36. The van der Waals surface area contributed by atoms with Crippen molar-refractivity contribution in [2.24, 2.45) is 0 Å². The number of carbonyl (C=O) groups is 1. The van der Waals surface area contributed by atoms with Crippen LogP contribution in [0, 0.1) is 0 Å². The average molecular weight is 254 g/mol. The number of H-pyrrole nitrogens is 2. The summed E-state index contributed by atoms with van der Waals surface area (Å²) in [4.78, 5) is 34.3. The molecule has 0 aliphatic rings. The molecule has 0 fully saturated rings. The number of hydrogen-bond acceptors (Lipinski definition) is 3. The highest BCUT2D eigenvalue weighted by Gasteiger charge is 2.09. The second kappa shape index (κ2) is 4.42. The topological polar surface area (TPSA) is 94.8 Å². The third-order valence-electron chi connectivity index (χ3n) is 2.22. The Balaban J connectivity index is 2.73. The van der Waals surface area contributed by atoms with Crippen LogP contribution in [-0.4, -0.2) is 22.0 Å². The van der Waals surface area contributed by atoms with Crippen LogP contribution in [0.2, 0.25) is 0 Å². The van der Waals surface area contributed by atoms with E-state index in [0.29, 0.717) is 0 Å². The van der Waals surface area contributed by atoms with Gasteiger partial charge in [-0.15, -0.1) is 11.6 Å². The zero-order chi connectivity index (χ0) is 12.4. The summed E-state index contributed by atoms with van der Waals surface area (Å²) in [6.07, 6.45) is 0. The van der Waals surface area contributed by atoms with Crippen molar-refractivity contribution >= 4 is 34.0 Å². The molecule has 17 heavy (non-hydrogen) atoms. The van der Waals surface area contributed by atoms with E-state index in [2.05, 4.69) is 15.5 Å². The summed E-state index contributed by atoms with van der Waals surface area (Å²) in [5.41, 5.74) is -0.646. The monoisotopic (exact) mass is 253 g/mol. The number of aromatic amines is 2. The second-order valence-corrected chi connectivity index (χ2v) is 3.59. The molecule has 1 amide bonds. The minimum absolute atomic E-state index is 0.134. The molecule has 0 saturated heterocycles. The molecule has 2 rings (SSSR count). The fourth-order valence-corrected chi connectivity index (χ4v) is 1.58. The number of hydrogen-bond donors (Lipinski definition) is 3. The van der Waals surface area contributed by atoms with Crippen LogP contribution in [0.25, 0.3) is 10.8 Å². The maximum atomic E-state index is 11.6. The molecule has 1 heterocycles. The second-order valence-electron chi connectivity index (χ2n) is 3.32. The van der Waals surface area contributed by atoms with E-state index in [1.165, 1.54) is 12.1 Å². The van der Waals surface area contributed by atoms with Crippen LogP contribution in [-0.2, 0) is 4.79 Å².